The molecule has 0 saturated carbocycles. The van der Waals surface area contributed by atoms with E-state index in [4.69, 9.17) is 4.74 Å². The third-order valence-electron chi connectivity index (χ3n) is 2.49. The summed E-state index contributed by atoms with van der Waals surface area (Å²) >= 11 is 0. The molecule has 0 rings (SSSR count). The van der Waals surface area contributed by atoms with Gasteiger partial charge >= 0.3 is 5.97 Å². The summed E-state index contributed by atoms with van der Waals surface area (Å²) in [6, 6.07) is 0. The molecule has 0 atom stereocenters. The van der Waals surface area contributed by atoms with Crippen molar-refractivity contribution in [2.75, 3.05) is 39.9 Å². The number of amides is 1. The molecule has 0 spiro atoms. The Labute approximate surface area is 115 Å². The van der Waals surface area contributed by atoms with Gasteiger partial charge in [0.2, 0.25) is 5.91 Å². The zero-order chi connectivity index (χ0) is 14.7. The summed E-state index contributed by atoms with van der Waals surface area (Å²) in [5.74, 6) is -0.421. The number of hydrogen-bond donors (Lipinski definition) is 1. The van der Waals surface area contributed by atoms with Gasteiger partial charge in [-0.05, 0) is 26.8 Å². The number of nitrogens with zero attached hydrogens (tertiary/aromatic N) is 1. The molecule has 0 bridgehead atoms. The van der Waals surface area contributed by atoms with Crippen LogP contribution in [0.4, 0.5) is 0 Å². The highest BCUT2D eigenvalue weighted by Gasteiger charge is 2.12. The normalized spacial score (nSPS) is 10.8. The molecule has 0 heterocycles. The topological polar surface area (TPSA) is 67.9 Å². The number of esters is 1. The van der Waals surface area contributed by atoms with Gasteiger partial charge < -0.3 is 14.8 Å². The Hall–Kier alpha value is -1.14. The molecule has 112 valence electrons. The molecule has 6 nitrogen and oxygen atoms in total. The Kier molecular flexibility index (Phi) is 10.1. The second kappa shape index (κ2) is 10.8. The van der Waals surface area contributed by atoms with Gasteiger partial charge in [-0.3, -0.25) is 14.5 Å². The van der Waals surface area contributed by atoms with Crippen molar-refractivity contribution < 1.29 is 19.1 Å². The van der Waals surface area contributed by atoms with Crippen LogP contribution in [-0.4, -0.2) is 62.8 Å². The summed E-state index contributed by atoms with van der Waals surface area (Å²) in [4.78, 5) is 24.5. The number of rotatable bonds is 10. The van der Waals surface area contributed by atoms with E-state index < -0.39 is 0 Å². The van der Waals surface area contributed by atoms with Crippen LogP contribution >= 0.6 is 0 Å². The molecule has 0 aliphatic carbocycles. The first-order valence-electron chi connectivity index (χ1n) is 6.67. The van der Waals surface area contributed by atoms with Gasteiger partial charge in [-0.25, -0.2) is 0 Å². The standard InChI is InChI=1S/C13H26N2O4/c1-5-15(10-13(17)18-4)9-12(16)14-7-6-8-19-11(2)3/h11H,5-10H2,1-4H3,(H,14,16). The second-order valence-electron chi connectivity index (χ2n) is 4.50. The smallest absolute Gasteiger partial charge is 0.319 e. The molecule has 1 amide bonds. The van der Waals surface area contributed by atoms with Gasteiger partial charge in [-0.15, -0.1) is 0 Å². The number of carbonyl (C=O) groups excluding carboxylic acids is 2. The summed E-state index contributed by atoms with van der Waals surface area (Å²) in [5, 5.41) is 2.80. The third-order valence-corrected chi connectivity index (χ3v) is 2.49. The highest BCUT2D eigenvalue weighted by Crippen LogP contribution is 1.91. The van der Waals surface area contributed by atoms with Crippen molar-refractivity contribution in [1.29, 1.82) is 0 Å². The van der Waals surface area contributed by atoms with Crippen LogP contribution < -0.4 is 5.32 Å². The van der Waals surface area contributed by atoms with Crippen LogP contribution in [0.5, 0.6) is 0 Å². The summed E-state index contributed by atoms with van der Waals surface area (Å²) < 4.78 is 9.94. The first-order chi connectivity index (χ1) is 8.99. The van der Waals surface area contributed by atoms with E-state index in [0.29, 0.717) is 19.7 Å². The maximum atomic E-state index is 11.6. The molecule has 19 heavy (non-hydrogen) atoms. The first kappa shape index (κ1) is 17.9. The molecule has 0 saturated heterocycles. The Morgan fingerprint density at radius 3 is 2.47 bits per heavy atom. The average Bonchev–Trinajstić information content (AvgIpc) is 2.36. The van der Waals surface area contributed by atoms with Gasteiger partial charge in [0, 0.05) is 13.2 Å². The number of likely N-dealkylation sites (N-methyl/N-ethyl adjacent to an activating group) is 1. The van der Waals surface area contributed by atoms with E-state index >= 15 is 0 Å². The van der Waals surface area contributed by atoms with E-state index in [1.165, 1.54) is 7.11 Å². The lowest BCUT2D eigenvalue weighted by Gasteiger charge is -2.18. The molecule has 0 radical (unpaired) electrons. The molecule has 0 aliphatic heterocycles. The zero-order valence-corrected chi connectivity index (χ0v) is 12.4. The molecule has 1 N–H and O–H groups in total. The van der Waals surface area contributed by atoms with Crippen LogP contribution in [0.2, 0.25) is 0 Å². The van der Waals surface area contributed by atoms with Gasteiger partial charge in [-0.2, -0.15) is 0 Å². The molecular weight excluding hydrogens is 248 g/mol. The zero-order valence-electron chi connectivity index (χ0n) is 12.4. The largest absolute Gasteiger partial charge is 0.468 e. The first-order valence-corrected chi connectivity index (χ1v) is 6.67. The monoisotopic (exact) mass is 274 g/mol. The molecule has 0 fully saturated rings. The Bertz CT molecular complexity index is 269. The van der Waals surface area contributed by atoms with Crippen molar-refractivity contribution in [3.63, 3.8) is 0 Å². The lowest BCUT2D eigenvalue weighted by molar-refractivity contribution is -0.142. The summed E-state index contributed by atoms with van der Waals surface area (Å²) in [7, 11) is 1.34. The molecule has 0 aromatic carbocycles. The van der Waals surface area contributed by atoms with Crippen molar-refractivity contribution >= 4 is 11.9 Å². The molecule has 0 aromatic rings. The average molecular weight is 274 g/mol. The predicted octanol–water partition coefficient (Wildman–Crippen LogP) is 0.413. The van der Waals surface area contributed by atoms with Crippen molar-refractivity contribution in [1.82, 2.24) is 10.2 Å². The van der Waals surface area contributed by atoms with Crippen molar-refractivity contribution in [3.05, 3.63) is 0 Å². The fourth-order valence-corrected chi connectivity index (χ4v) is 1.40. The minimum absolute atomic E-state index is 0.0877. The Morgan fingerprint density at radius 1 is 1.26 bits per heavy atom. The summed E-state index contributed by atoms with van der Waals surface area (Å²) in [6.07, 6.45) is 0.999. The van der Waals surface area contributed by atoms with Crippen LogP contribution in [0.3, 0.4) is 0 Å². The highest BCUT2D eigenvalue weighted by atomic mass is 16.5. The van der Waals surface area contributed by atoms with Crippen LogP contribution in [0.1, 0.15) is 27.2 Å². The number of hydrogen-bond acceptors (Lipinski definition) is 5. The number of methoxy groups -OCH3 is 1. The minimum atomic E-state index is -0.333. The molecular formula is C13H26N2O4. The molecule has 0 aromatic heterocycles. The van der Waals surface area contributed by atoms with Crippen LogP contribution in [0.15, 0.2) is 0 Å². The Morgan fingerprint density at radius 2 is 1.95 bits per heavy atom. The second-order valence-corrected chi connectivity index (χ2v) is 4.50. The van der Waals surface area contributed by atoms with Gasteiger partial charge in [0.25, 0.3) is 0 Å². The van der Waals surface area contributed by atoms with E-state index in [2.05, 4.69) is 10.1 Å². The van der Waals surface area contributed by atoms with E-state index in [9.17, 15) is 9.59 Å². The van der Waals surface area contributed by atoms with E-state index in [1.807, 2.05) is 20.8 Å². The van der Waals surface area contributed by atoms with E-state index in [0.717, 1.165) is 6.42 Å². The number of ether oxygens (including phenoxy) is 2. The highest BCUT2D eigenvalue weighted by molar-refractivity contribution is 5.79. The maximum absolute atomic E-state index is 11.6. The quantitative estimate of drug-likeness (QED) is 0.462. The lowest BCUT2D eigenvalue weighted by atomic mass is 10.4. The maximum Gasteiger partial charge on any atom is 0.319 e. The van der Waals surface area contributed by atoms with E-state index in [1.54, 1.807) is 4.90 Å². The SMILES string of the molecule is CCN(CC(=O)NCCCOC(C)C)CC(=O)OC. The lowest BCUT2D eigenvalue weighted by Crippen LogP contribution is -2.40. The van der Waals surface area contributed by atoms with Crippen molar-refractivity contribution in [2.24, 2.45) is 0 Å². The van der Waals surface area contributed by atoms with Gasteiger partial charge in [0.1, 0.15) is 0 Å². The molecule has 0 aliphatic rings. The Balaban J connectivity index is 3.73. The van der Waals surface area contributed by atoms with Crippen LogP contribution in [0.25, 0.3) is 0 Å². The van der Waals surface area contributed by atoms with Crippen LogP contribution in [-0.2, 0) is 19.1 Å². The predicted molar refractivity (Wildman–Crippen MR) is 72.8 cm³/mol. The summed E-state index contributed by atoms with van der Waals surface area (Å²) in [5.41, 5.74) is 0. The fourth-order valence-electron chi connectivity index (χ4n) is 1.40. The van der Waals surface area contributed by atoms with E-state index in [-0.39, 0.29) is 31.1 Å². The number of nitrogens with one attached hydrogen (secondary N) is 1. The third kappa shape index (κ3) is 10.5. The van der Waals surface area contributed by atoms with Crippen molar-refractivity contribution in [2.45, 2.75) is 33.3 Å². The van der Waals surface area contributed by atoms with Gasteiger partial charge in [0.15, 0.2) is 0 Å². The minimum Gasteiger partial charge on any atom is -0.468 e. The molecule has 0 unspecified atom stereocenters. The summed E-state index contributed by atoms with van der Waals surface area (Å²) in [6.45, 7) is 8.03. The van der Waals surface area contributed by atoms with Gasteiger partial charge in [-0.1, -0.05) is 6.92 Å². The number of carbonyl (C=O) groups is 2. The van der Waals surface area contributed by atoms with Crippen molar-refractivity contribution in [3.8, 4) is 0 Å². The fraction of sp³-hybridized carbons (Fsp3) is 0.846. The van der Waals surface area contributed by atoms with Gasteiger partial charge in [0.05, 0.1) is 26.3 Å². The van der Waals surface area contributed by atoms with Crippen LogP contribution in [0, 0.1) is 0 Å². The molecule has 6 heteroatoms.